The minimum Gasteiger partial charge on any atom is -0.496 e. The lowest BCUT2D eigenvalue weighted by Gasteiger charge is -2.30. The van der Waals surface area contributed by atoms with Crippen LogP contribution >= 0.6 is 0 Å². The Labute approximate surface area is 129 Å². The van der Waals surface area contributed by atoms with Gasteiger partial charge in [-0.25, -0.2) is 0 Å². The van der Waals surface area contributed by atoms with Crippen molar-refractivity contribution in [3.63, 3.8) is 0 Å². The van der Waals surface area contributed by atoms with Gasteiger partial charge in [-0.15, -0.1) is 0 Å². The number of methoxy groups -OCH3 is 1. The van der Waals surface area contributed by atoms with Gasteiger partial charge in [-0.2, -0.15) is 0 Å². The van der Waals surface area contributed by atoms with E-state index in [1.54, 1.807) is 11.0 Å². The van der Waals surface area contributed by atoms with Gasteiger partial charge in [-0.05, 0) is 30.9 Å². The predicted octanol–water partition coefficient (Wildman–Crippen LogP) is 2.24. The van der Waals surface area contributed by atoms with Crippen molar-refractivity contribution in [2.75, 3.05) is 26.8 Å². The van der Waals surface area contributed by atoms with Gasteiger partial charge in [0.15, 0.2) is 12.4 Å². The van der Waals surface area contributed by atoms with Gasteiger partial charge in [0.05, 0.1) is 18.1 Å². The number of piperidine rings is 1. The molecule has 1 unspecified atom stereocenters. The molecule has 0 saturated carbocycles. The normalized spacial score (nSPS) is 17.9. The first-order valence-electron chi connectivity index (χ1n) is 7.24. The van der Waals surface area contributed by atoms with Crippen LogP contribution in [0.25, 0.3) is 0 Å². The van der Waals surface area contributed by atoms with Gasteiger partial charge >= 0.3 is 5.69 Å². The molecular formula is C15H20N2O5. The maximum absolute atomic E-state index is 12.1. The number of nitrogens with zero attached hydrogens (tertiary/aromatic N) is 2. The minimum atomic E-state index is -0.550. The Hall–Kier alpha value is -2.31. The smallest absolute Gasteiger partial charge is 0.314 e. The summed E-state index contributed by atoms with van der Waals surface area (Å²) in [6, 6.07) is 4.29. The Morgan fingerprint density at radius 3 is 2.91 bits per heavy atom. The topological polar surface area (TPSA) is 81.9 Å². The van der Waals surface area contributed by atoms with Crippen molar-refractivity contribution in [3.05, 3.63) is 28.3 Å². The van der Waals surface area contributed by atoms with Crippen LogP contribution in [0, 0.1) is 16.0 Å². The largest absolute Gasteiger partial charge is 0.496 e. The molecule has 0 spiro atoms. The molecule has 7 nitrogen and oxygen atoms in total. The maximum Gasteiger partial charge on any atom is 0.314 e. The van der Waals surface area contributed by atoms with Crippen LogP contribution in [0.2, 0.25) is 0 Å². The summed E-state index contributed by atoms with van der Waals surface area (Å²) in [6.07, 6.45) is 2.10. The van der Waals surface area contributed by atoms with Gasteiger partial charge < -0.3 is 14.4 Å². The third-order valence-electron chi connectivity index (χ3n) is 3.72. The average Bonchev–Trinajstić information content (AvgIpc) is 2.52. The highest BCUT2D eigenvalue weighted by Gasteiger charge is 2.23. The van der Waals surface area contributed by atoms with E-state index in [9.17, 15) is 14.9 Å². The summed E-state index contributed by atoms with van der Waals surface area (Å²) >= 11 is 0. The number of carbonyl (C=O) groups is 1. The average molecular weight is 308 g/mol. The standard InChI is InChI=1S/C15H20N2O5/c1-11-4-3-7-16(9-11)15(18)10-22-14-6-5-12(21-2)8-13(14)17(19)20/h5-6,8,11H,3-4,7,9-10H2,1-2H3. The molecule has 1 aliphatic rings. The van der Waals surface area contributed by atoms with Crippen molar-refractivity contribution >= 4 is 11.6 Å². The molecule has 22 heavy (non-hydrogen) atoms. The highest BCUT2D eigenvalue weighted by molar-refractivity contribution is 5.78. The molecule has 1 atom stereocenters. The molecule has 1 heterocycles. The van der Waals surface area contributed by atoms with E-state index in [4.69, 9.17) is 9.47 Å². The Kier molecular flexibility index (Phi) is 5.19. The molecule has 1 saturated heterocycles. The summed E-state index contributed by atoms with van der Waals surface area (Å²) in [5, 5.41) is 11.1. The number of nitro benzene ring substituents is 1. The Bertz CT molecular complexity index is 561. The van der Waals surface area contributed by atoms with E-state index in [-0.39, 0.29) is 24.0 Å². The first-order valence-corrected chi connectivity index (χ1v) is 7.24. The SMILES string of the molecule is COc1ccc(OCC(=O)N2CCCC(C)C2)c([N+](=O)[O-])c1. The minimum absolute atomic E-state index is 0.0733. The second-order valence-electron chi connectivity index (χ2n) is 5.47. The van der Waals surface area contributed by atoms with Crippen LogP contribution in [0.15, 0.2) is 18.2 Å². The fourth-order valence-corrected chi connectivity index (χ4v) is 2.54. The Morgan fingerprint density at radius 2 is 2.27 bits per heavy atom. The first-order chi connectivity index (χ1) is 10.5. The van der Waals surface area contributed by atoms with Crippen molar-refractivity contribution < 1.29 is 19.2 Å². The van der Waals surface area contributed by atoms with Crippen LogP contribution in [0.4, 0.5) is 5.69 Å². The van der Waals surface area contributed by atoms with Crippen LogP contribution < -0.4 is 9.47 Å². The van der Waals surface area contributed by atoms with E-state index < -0.39 is 4.92 Å². The lowest BCUT2D eigenvalue weighted by molar-refractivity contribution is -0.385. The first kappa shape index (κ1) is 16.1. The molecule has 120 valence electrons. The zero-order valence-corrected chi connectivity index (χ0v) is 12.8. The van der Waals surface area contributed by atoms with Crippen molar-refractivity contribution in [1.82, 2.24) is 4.90 Å². The van der Waals surface area contributed by atoms with Crippen LogP contribution in [0.1, 0.15) is 19.8 Å². The van der Waals surface area contributed by atoms with Crippen LogP contribution in [0.5, 0.6) is 11.5 Å². The van der Waals surface area contributed by atoms with Crippen molar-refractivity contribution in [3.8, 4) is 11.5 Å². The summed E-state index contributed by atoms with van der Waals surface area (Å²) in [4.78, 5) is 24.4. The number of hydrogen-bond acceptors (Lipinski definition) is 5. The van der Waals surface area contributed by atoms with Gasteiger partial charge in [0.1, 0.15) is 5.75 Å². The summed E-state index contributed by atoms with van der Waals surface area (Å²) in [5.74, 6) is 0.782. The quantitative estimate of drug-likeness (QED) is 0.615. The highest BCUT2D eigenvalue weighted by atomic mass is 16.6. The van der Waals surface area contributed by atoms with Crippen molar-refractivity contribution in [2.24, 2.45) is 5.92 Å². The van der Waals surface area contributed by atoms with Crippen LogP contribution in [-0.4, -0.2) is 42.5 Å². The lowest BCUT2D eigenvalue weighted by Crippen LogP contribution is -2.41. The third kappa shape index (κ3) is 3.87. The van der Waals surface area contributed by atoms with Gasteiger partial charge in [0, 0.05) is 13.1 Å². The predicted molar refractivity (Wildman–Crippen MR) is 80.1 cm³/mol. The molecule has 2 rings (SSSR count). The highest BCUT2D eigenvalue weighted by Crippen LogP contribution is 2.31. The van der Waals surface area contributed by atoms with E-state index in [0.29, 0.717) is 18.2 Å². The molecule has 1 amide bonds. The second kappa shape index (κ2) is 7.11. The molecule has 1 aromatic rings. The number of rotatable bonds is 5. The number of benzene rings is 1. The number of hydrogen-bond donors (Lipinski definition) is 0. The van der Waals surface area contributed by atoms with Gasteiger partial charge in [-0.3, -0.25) is 14.9 Å². The fraction of sp³-hybridized carbons (Fsp3) is 0.533. The van der Waals surface area contributed by atoms with Crippen molar-refractivity contribution in [1.29, 1.82) is 0 Å². The Morgan fingerprint density at radius 1 is 1.50 bits per heavy atom. The van der Waals surface area contributed by atoms with Crippen LogP contribution in [-0.2, 0) is 4.79 Å². The van der Waals surface area contributed by atoms with Crippen molar-refractivity contribution in [2.45, 2.75) is 19.8 Å². The van der Waals surface area contributed by atoms with E-state index in [1.807, 2.05) is 0 Å². The van der Waals surface area contributed by atoms with E-state index in [0.717, 1.165) is 19.4 Å². The van der Waals surface area contributed by atoms with Gasteiger partial charge in [0.25, 0.3) is 5.91 Å². The number of nitro groups is 1. The molecule has 0 radical (unpaired) electrons. The number of likely N-dealkylation sites (tertiary alicyclic amines) is 1. The molecule has 1 aliphatic heterocycles. The molecule has 1 aromatic carbocycles. The zero-order valence-electron chi connectivity index (χ0n) is 12.8. The number of ether oxygens (including phenoxy) is 2. The van der Waals surface area contributed by atoms with E-state index in [2.05, 4.69) is 6.92 Å². The molecule has 7 heteroatoms. The van der Waals surface area contributed by atoms with Crippen LogP contribution in [0.3, 0.4) is 0 Å². The molecule has 0 aromatic heterocycles. The maximum atomic E-state index is 12.1. The molecule has 1 fully saturated rings. The zero-order chi connectivity index (χ0) is 16.1. The number of amides is 1. The fourth-order valence-electron chi connectivity index (χ4n) is 2.54. The lowest BCUT2D eigenvalue weighted by atomic mass is 10.0. The van der Waals surface area contributed by atoms with E-state index in [1.165, 1.54) is 19.2 Å². The Balaban J connectivity index is 2.01. The summed E-state index contributed by atoms with van der Waals surface area (Å²) in [6.45, 7) is 3.35. The summed E-state index contributed by atoms with van der Waals surface area (Å²) < 4.78 is 10.3. The number of carbonyl (C=O) groups excluding carboxylic acids is 1. The second-order valence-corrected chi connectivity index (χ2v) is 5.47. The monoisotopic (exact) mass is 308 g/mol. The van der Waals surface area contributed by atoms with Gasteiger partial charge in [0.2, 0.25) is 0 Å². The van der Waals surface area contributed by atoms with Gasteiger partial charge in [-0.1, -0.05) is 6.92 Å². The summed E-state index contributed by atoms with van der Waals surface area (Å²) in [5.41, 5.74) is -0.209. The summed E-state index contributed by atoms with van der Waals surface area (Å²) in [7, 11) is 1.43. The third-order valence-corrected chi connectivity index (χ3v) is 3.72. The molecule has 0 aliphatic carbocycles. The van der Waals surface area contributed by atoms with E-state index >= 15 is 0 Å². The molecule has 0 bridgehead atoms. The molecule has 0 N–H and O–H groups in total. The molecular weight excluding hydrogens is 288 g/mol.